The van der Waals surface area contributed by atoms with Crippen molar-refractivity contribution in [2.75, 3.05) is 10.6 Å². The van der Waals surface area contributed by atoms with Crippen LogP contribution in [0.25, 0.3) is 0 Å². The highest BCUT2D eigenvalue weighted by Crippen LogP contribution is 2.22. The quantitative estimate of drug-likeness (QED) is 0.343. The number of nitrogen functional groups attached to an aromatic ring is 1. The summed E-state index contributed by atoms with van der Waals surface area (Å²) in [6.45, 7) is 0. The Labute approximate surface area is 143 Å². The van der Waals surface area contributed by atoms with Gasteiger partial charge >= 0.3 is 6.03 Å². The first-order valence-electron chi connectivity index (χ1n) is 6.13. The van der Waals surface area contributed by atoms with E-state index in [1.54, 1.807) is 36.4 Å². The van der Waals surface area contributed by atoms with Gasteiger partial charge in [-0.05, 0) is 36.4 Å². The average Bonchev–Trinajstić information content (AvgIpc) is 2.46. The van der Waals surface area contributed by atoms with Crippen LogP contribution in [0.5, 0.6) is 0 Å². The number of carbonyl (C=O) groups is 2. The number of carbonyl (C=O) groups excluding carboxylic acids is 2. The van der Waals surface area contributed by atoms with Crippen molar-refractivity contribution in [1.82, 2.24) is 5.43 Å². The number of benzene rings is 2. The molecule has 2 rings (SSSR count). The Morgan fingerprint density at radius 2 is 1.68 bits per heavy atom. The molecule has 0 fully saturated rings. The number of hydrazine groups is 1. The zero-order valence-corrected chi connectivity index (χ0v) is 14.4. The molecule has 0 atom stereocenters. The van der Waals surface area contributed by atoms with E-state index in [1.165, 1.54) is 0 Å². The fourth-order valence-electron chi connectivity index (χ4n) is 1.75. The minimum atomic E-state index is -0.495. The third-order valence-electron chi connectivity index (χ3n) is 2.69. The topological polar surface area (TPSA) is 96.2 Å². The van der Waals surface area contributed by atoms with Gasteiger partial charge in [0.15, 0.2) is 0 Å². The van der Waals surface area contributed by atoms with Crippen LogP contribution in [0.1, 0.15) is 10.4 Å². The van der Waals surface area contributed by atoms with Crippen LogP contribution in [0.3, 0.4) is 0 Å². The molecule has 0 unspecified atom stereocenters. The van der Waals surface area contributed by atoms with Crippen molar-refractivity contribution in [3.63, 3.8) is 0 Å². The zero-order valence-electron chi connectivity index (χ0n) is 11.2. The second kappa shape index (κ2) is 7.39. The first-order valence-corrected chi connectivity index (χ1v) is 7.72. The Morgan fingerprint density at radius 3 is 2.36 bits per heavy atom. The molecule has 0 aromatic heterocycles. The molecule has 22 heavy (non-hydrogen) atoms. The first-order chi connectivity index (χ1) is 10.5. The summed E-state index contributed by atoms with van der Waals surface area (Å²) in [4.78, 5) is 23.8. The molecule has 6 nitrogen and oxygen atoms in total. The van der Waals surface area contributed by atoms with Crippen molar-refractivity contribution in [2.45, 2.75) is 0 Å². The molecular weight excluding hydrogens is 416 g/mol. The SMILES string of the molecule is NNC(=O)c1ccc(Br)cc1NC(=O)Nc1cccc(Br)c1. The highest BCUT2D eigenvalue weighted by atomic mass is 79.9. The maximum atomic E-state index is 12.1. The molecule has 5 N–H and O–H groups in total. The van der Waals surface area contributed by atoms with Crippen molar-refractivity contribution in [3.05, 3.63) is 57.0 Å². The number of hydrogen-bond acceptors (Lipinski definition) is 3. The van der Waals surface area contributed by atoms with E-state index < -0.39 is 11.9 Å². The lowest BCUT2D eigenvalue weighted by atomic mass is 10.1. The van der Waals surface area contributed by atoms with Crippen LogP contribution in [-0.4, -0.2) is 11.9 Å². The van der Waals surface area contributed by atoms with E-state index in [1.807, 2.05) is 11.5 Å². The molecule has 8 heteroatoms. The molecule has 0 saturated carbocycles. The van der Waals surface area contributed by atoms with E-state index in [0.29, 0.717) is 11.4 Å². The molecule has 2 aromatic carbocycles. The molecule has 3 amide bonds. The van der Waals surface area contributed by atoms with Crippen LogP contribution in [0.15, 0.2) is 51.4 Å². The van der Waals surface area contributed by atoms with E-state index in [4.69, 9.17) is 5.84 Å². The molecule has 0 aliphatic rings. The fourth-order valence-corrected chi connectivity index (χ4v) is 2.51. The Kier molecular flexibility index (Phi) is 5.53. The molecule has 0 aliphatic heterocycles. The van der Waals surface area contributed by atoms with Gasteiger partial charge in [-0.25, -0.2) is 10.6 Å². The largest absolute Gasteiger partial charge is 0.323 e. The van der Waals surface area contributed by atoms with E-state index >= 15 is 0 Å². The Hall–Kier alpha value is -1.90. The third kappa shape index (κ3) is 4.30. The standard InChI is InChI=1S/C14H12Br2N4O2/c15-8-2-1-3-10(6-8)18-14(22)19-12-7-9(16)4-5-11(12)13(21)20-17/h1-7H,17H2,(H,20,21)(H2,18,19,22). The Bertz CT molecular complexity index is 722. The molecule has 0 saturated heterocycles. The predicted octanol–water partition coefficient (Wildman–Crippen LogP) is 3.46. The number of nitrogens with two attached hydrogens (primary N) is 1. The van der Waals surface area contributed by atoms with Gasteiger partial charge < -0.3 is 10.6 Å². The lowest BCUT2D eigenvalue weighted by molar-refractivity contribution is 0.0954. The van der Waals surface area contributed by atoms with Crippen LogP contribution in [0, 0.1) is 0 Å². The maximum Gasteiger partial charge on any atom is 0.323 e. The monoisotopic (exact) mass is 426 g/mol. The fraction of sp³-hybridized carbons (Fsp3) is 0. The van der Waals surface area contributed by atoms with Crippen LogP contribution < -0.4 is 21.9 Å². The molecular formula is C14H12Br2N4O2. The highest BCUT2D eigenvalue weighted by Gasteiger charge is 2.13. The predicted molar refractivity (Wildman–Crippen MR) is 92.6 cm³/mol. The summed E-state index contributed by atoms with van der Waals surface area (Å²) in [6, 6.07) is 11.5. The third-order valence-corrected chi connectivity index (χ3v) is 3.67. The van der Waals surface area contributed by atoms with Crippen LogP contribution in [0.4, 0.5) is 16.2 Å². The summed E-state index contributed by atoms with van der Waals surface area (Å²) in [5.41, 5.74) is 3.25. The average molecular weight is 428 g/mol. The molecule has 0 heterocycles. The van der Waals surface area contributed by atoms with Gasteiger partial charge in [-0.2, -0.15) is 0 Å². The van der Waals surface area contributed by atoms with E-state index in [2.05, 4.69) is 42.5 Å². The van der Waals surface area contributed by atoms with Gasteiger partial charge in [-0.3, -0.25) is 10.2 Å². The van der Waals surface area contributed by atoms with Gasteiger partial charge in [0.05, 0.1) is 11.3 Å². The highest BCUT2D eigenvalue weighted by molar-refractivity contribution is 9.10. The molecule has 0 bridgehead atoms. The van der Waals surface area contributed by atoms with Gasteiger partial charge in [0.2, 0.25) is 0 Å². The lowest BCUT2D eigenvalue weighted by Gasteiger charge is -2.12. The van der Waals surface area contributed by atoms with Crippen molar-refractivity contribution < 1.29 is 9.59 Å². The minimum Gasteiger partial charge on any atom is -0.308 e. The normalized spacial score (nSPS) is 9.95. The van der Waals surface area contributed by atoms with Crippen molar-refractivity contribution in [1.29, 1.82) is 0 Å². The Morgan fingerprint density at radius 1 is 0.955 bits per heavy atom. The van der Waals surface area contributed by atoms with Crippen LogP contribution >= 0.6 is 31.9 Å². The lowest BCUT2D eigenvalue weighted by Crippen LogP contribution is -2.31. The summed E-state index contributed by atoms with van der Waals surface area (Å²) < 4.78 is 1.56. The summed E-state index contributed by atoms with van der Waals surface area (Å²) in [5, 5.41) is 5.30. The summed E-state index contributed by atoms with van der Waals surface area (Å²) >= 11 is 6.62. The van der Waals surface area contributed by atoms with Crippen molar-refractivity contribution >= 4 is 55.2 Å². The second-order valence-corrected chi connectivity index (χ2v) is 6.08. The van der Waals surface area contributed by atoms with Crippen molar-refractivity contribution in [3.8, 4) is 0 Å². The van der Waals surface area contributed by atoms with E-state index in [-0.39, 0.29) is 5.56 Å². The zero-order chi connectivity index (χ0) is 16.1. The maximum absolute atomic E-state index is 12.1. The van der Waals surface area contributed by atoms with Gasteiger partial charge in [-0.15, -0.1) is 0 Å². The van der Waals surface area contributed by atoms with E-state index in [9.17, 15) is 9.59 Å². The number of halogens is 2. The number of amides is 3. The minimum absolute atomic E-state index is 0.259. The molecule has 114 valence electrons. The number of anilines is 2. The van der Waals surface area contributed by atoms with Gasteiger partial charge in [-0.1, -0.05) is 37.9 Å². The molecule has 0 aliphatic carbocycles. The van der Waals surface area contributed by atoms with Gasteiger partial charge in [0.1, 0.15) is 0 Å². The molecule has 0 radical (unpaired) electrons. The van der Waals surface area contributed by atoms with Crippen molar-refractivity contribution in [2.24, 2.45) is 5.84 Å². The van der Waals surface area contributed by atoms with Crippen LogP contribution in [0.2, 0.25) is 0 Å². The van der Waals surface area contributed by atoms with Gasteiger partial charge in [0.25, 0.3) is 5.91 Å². The summed E-state index contributed by atoms with van der Waals surface area (Å²) in [7, 11) is 0. The smallest absolute Gasteiger partial charge is 0.308 e. The van der Waals surface area contributed by atoms with Crippen LogP contribution in [-0.2, 0) is 0 Å². The Balaban J connectivity index is 2.17. The molecule has 0 spiro atoms. The number of rotatable bonds is 3. The first kappa shape index (κ1) is 16.5. The second-order valence-electron chi connectivity index (χ2n) is 4.25. The summed E-state index contributed by atoms with van der Waals surface area (Å²) in [5.74, 6) is 4.64. The molecule has 2 aromatic rings. The number of hydrogen-bond donors (Lipinski definition) is 4. The summed E-state index contributed by atoms with van der Waals surface area (Å²) in [6.07, 6.45) is 0. The number of nitrogens with one attached hydrogen (secondary N) is 3. The van der Waals surface area contributed by atoms with E-state index in [0.717, 1.165) is 8.95 Å². The van der Waals surface area contributed by atoms with Gasteiger partial charge in [0, 0.05) is 14.6 Å². The number of urea groups is 1.